The van der Waals surface area contributed by atoms with Gasteiger partial charge < -0.3 is 0 Å². The molecule has 0 fully saturated rings. The van der Waals surface area contributed by atoms with Crippen molar-refractivity contribution in [1.82, 2.24) is 4.98 Å². The molecule has 2 aromatic heterocycles. The molecule has 0 N–H and O–H groups in total. The largest absolute Gasteiger partial charge is 0.261 e. The smallest absolute Gasteiger partial charge is 0.137 e. The van der Waals surface area contributed by atoms with Crippen LogP contribution in [-0.2, 0) is 6.42 Å². The number of pyridine rings is 1. The van der Waals surface area contributed by atoms with Gasteiger partial charge in [-0.1, -0.05) is 13.8 Å². The van der Waals surface area contributed by atoms with Crippen LogP contribution in [0.4, 0.5) is 4.39 Å². The molecule has 90 valence electrons. The summed E-state index contributed by atoms with van der Waals surface area (Å²) in [6.07, 6.45) is 2.37. The number of rotatable bonds is 3. The molecule has 0 saturated heterocycles. The number of hydrogen-bond acceptors (Lipinski definition) is 2. The zero-order valence-electron chi connectivity index (χ0n) is 10.3. The fourth-order valence-corrected chi connectivity index (χ4v) is 2.75. The van der Waals surface area contributed by atoms with Gasteiger partial charge in [-0.15, -0.1) is 11.3 Å². The Morgan fingerprint density at radius 1 is 1.35 bits per heavy atom. The van der Waals surface area contributed by atoms with Crippen LogP contribution in [0.3, 0.4) is 0 Å². The second kappa shape index (κ2) is 4.96. The van der Waals surface area contributed by atoms with Gasteiger partial charge in [-0.05, 0) is 36.6 Å². The van der Waals surface area contributed by atoms with Crippen molar-refractivity contribution in [3.63, 3.8) is 0 Å². The molecule has 17 heavy (non-hydrogen) atoms. The van der Waals surface area contributed by atoms with Crippen molar-refractivity contribution in [1.29, 1.82) is 0 Å². The highest BCUT2D eigenvalue weighted by Gasteiger charge is 2.12. The van der Waals surface area contributed by atoms with E-state index in [0.29, 0.717) is 12.3 Å². The van der Waals surface area contributed by atoms with E-state index in [1.807, 2.05) is 19.1 Å². The van der Waals surface area contributed by atoms with Crippen LogP contribution in [0.5, 0.6) is 0 Å². The highest BCUT2D eigenvalue weighted by atomic mass is 32.1. The quantitative estimate of drug-likeness (QED) is 0.790. The second-order valence-electron chi connectivity index (χ2n) is 4.58. The minimum absolute atomic E-state index is 0.0954. The Labute approximate surface area is 105 Å². The van der Waals surface area contributed by atoms with E-state index in [4.69, 9.17) is 0 Å². The summed E-state index contributed by atoms with van der Waals surface area (Å²) >= 11 is 1.55. The SMILES string of the molecule is Cc1ccnc(Cc2sc(C(C)C)cc2F)c1. The van der Waals surface area contributed by atoms with Crippen LogP contribution in [0.2, 0.25) is 0 Å². The predicted octanol–water partition coefficient (Wildman–Crippen LogP) is 4.30. The maximum absolute atomic E-state index is 13.7. The molecule has 0 radical (unpaired) electrons. The first-order valence-electron chi connectivity index (χ1n) is 5.76. The first kappa shape index (κ1) is 12.2. The lowest BCUT2D eigenvalue weighted by Crippen LogP contribution is -1.91. The zero-order valence-corrected chi connectivity index (χ0v) is 11.1. The molecule has 0 spiro atoms. The molecule has 2 aromatic rings. The average molecular weight is 249 g/mol. The van der Waals surface area contributed by atoms with Crippen molar-refractivity contribution >= 4 is 11.3 Å². The average Bonchev–Trinajstić information content (AvgIpc) is 2.61. The van der Waals surface area contributed by atoms with Crippen molar-refractivity contribution in [2.75, 3.05) is 0 Å². The fourth-order valence-electron chi connectivity index (χ4n) is 1.69. The van der Waals surface area contributed by atoms with E-state index in [1.165, 1.54) is 0 Å². The number of thiophene rings is 1. The summed E-state index contributed by atoms with van der Waals surface area (Å²) in [7, 11) is 0. The van der Waals surface area contributed by atoms with Gasteiger partial charge in [0, 0.05) is 28.1 Å². The van der Waals surface area contributed by atoms with Gasteiger partial charge in [-0.25, -0.2) is 4.39 Å². The maximum Gasteiger partial charge on any atom is 0.137 e. The van der Waals surface area contributed by atoms with E-state index in [9.17, 15) is 4.39 Å². The molecule has 0 bridgehead atoms. The van der Waals surface area contributed by atoms with Gasteiger partial charge in [0.15, 0.2) is 0 Å². The third kappa shape index (κ3) is 2.91. The molecule has 0 saturated carbocycles. The van der Waals surface area contributed by atoms with Crippen molar-refractivity contribution in [3.05, 3.63) is 51.2 Å². The minimum Gasteiger partial charge on any atom is -0.261 e. The second-order valence-corrected chi connectivity index (χ2v) is 5.74. The molecule has 2 rings (SSSR count). The molecular formula is C14H16FNS. The molecule has 1 nitrogen and oxygen atoms in total. The van der Waals surface area contributed by atoms with Crippen LogP contribution in [0, 0.1) is 12.7 Å². The van der Waals surface area contributed by atoms with Gasteiger partial charge in [0.05, 0.1) is 0 Å². The molecule has 2 heterocycles. The van der Waals surface area contributed by atoms with Crippen LogP contribution >= 0.6 is 11.3 Å². The van der Waals surface area contributed by atoms with Crippen LogP contribution in [0.15, 0.2) is 24.4 Å². The molecule has 0 aliphatic rings. The van der Waals surface area contributed by atoms with Gasteiger partial charge in [0.25, 0.3) is 0 Å². The monoisotopic (exact) mass is 249 g/mol. The van der Waals surface area contributed by atoms with E-state index in [2.05, 4.69) is 18.8 Å². The maximum atomic E-state index is 13.7. The summed E-state index contributed by atoms with van der Waals surface area (Å²) in [4.78, 5) is 6.16. The van der Waals surface area contributed by atoms with E-state index in [1.54, 1.807) is 23.6 Å². The summed E-state index contributed by atoms with van der Waals surface area (Å²) < 4.78 is 13.7. The highest BCUT2D eigenvalue weighted by molar-refractivity contribution is 7.12. The third-order valence-electron chi connectivity index (χ3n) is 2.66. The third-order valence-corrected chi connectivity index (χ3v) is 4.07. The lowest BCUT2D eigenvalue weighted by atomic mass is 10.1. The van der Waals surface area contributed by atoms with Crippen molar-refractivity contribution < 1.29 is 4.39 Å². The number of halogens is 1. The predicted molar refractivity (Wildman–Crippen MR) is 70.1 cm³/mol. The number of nitrogens with zero attached hydrogens (tertiary/aromatic N) is 1. The van der Waals surface area contributed by atoms with Crippen LogP contribution in [0.25, 0.3) is 0 Å². The Balaban J connectivity index is 2.24. The first-order chi connectivity index (χ1) is 8.06. The van der Waals surface area contributed by atoms with Gasteiger partial charge in [0.1, 0.15) is 5.82 Å². The van der Waals surface area contributed by atoms with Crippen molar-refractivity contribution in [2.45, 2.75) is 33.1 Å². The minimum atomic E-state index is -0.0954. The van der Waals surface area contributed by atoms with Gasteiger partial charge in [-0.3, -0.25) is 4.98 Å². The van der Waals surface area contributed by atoms with E-state index < -0.39 is 0 Å². The van der Waals surface area contributed by atoms with Gasteiger partial charge in [-0.2, -0.15) is 0 Å². The number of aryl methyl sites for hydroxylation is 1. The molecule has 0 unspecified atom stereocenters. The first-order valence-corrected chi connectivity index (χ1v) is 6.57. The van der Waals surface area contributed by atoms with Crippen molar-refractivity contribution in [2.24, 2.45) is 0 Å². The summed E-state index contributed by atoms with van der Waals surface area (Å²) in [6.45, 7) is 6.19. The molecule has 0 aliphatic heterocycles. The summed E-state index contributed by atoms with van der Waals surface area (Å²) in [6, 6.07) is 5.61. The Morgan fingerprint density at radius 3 is 2.71 bits per heavy atom. The Hall–Kier alpha value is -1.22. The molecule has 0 aliphatic carbocycles. The highest BCUT2D eigenvalue weighted by Crippen LogP contribution is 2.28. The van der Waals surface area contributed by atoms with Crippen LogP contribution < -0.4 is 0 Å². The van der Waals surface area contributed by atoms with E-state index in [0.717, 1.165) is 21.0 Å². The Bertz CT molecular complexity index is 517. The molecule has 0 aromatic carbocycles. The molecular weight excluding hydrogens is 233 g/mol. The standard InChI is InChI=1S/C14H16FNS/c1-9(2)13-8-12(15)14(17-13)7-11-6-10(3)4-5-16-11/h4-6,8-9H,7H2,1-3H3. The lowest BCUT2D eigenvalue weighted by Gasteiger charge is -2.00. The summed E-state index contributed by atoms with van der Waals surface area (Å²) in [5.41, 5.74) is 2.09. The Kier molecular flexibility index (Phi) is 3.57. The van der Waals surface area contributed by atoms with E-state index in [-0.39, 0.29) is 5.82 Å². The molecule has 0 atom stereocenters. The normalized spacial score (nSPS) is 11.1. The number of aromatic nitrogens is 1. The van der Waals surface area contributed by atoms with Gasteiger partial charge >= 0.3 is 0 Å². The zero-order chi connectivity index (χ0) is 12.4. The lowest BCUT2D eigenvalue weighted by molar-refractivity contribution is 0.619. The summed E-state index contributed by atoms with van der Waals surface area (Å²) in [5.74, 6) is 0.288. The van der Waals surface area contributed by atoms with Gasteiger partial charge in [0.2, 0.25) is 0 Å². The topological polar surface area (TPSA) is 12.9 Å². The fraction of sp³-hybridized carbons (Fsp3) is 0.357. The van der Waals surface area contributed by atoms with Crippen molar-refractivity contribution in [3.8, 4) is 0 Å². The van der Waals surface area contributed by atoms with E-state index >= 15 is 0 Å². The van der Waals surface area contributed by atoms with Crippen LogP contribution in [-0.4, -0.2) is 4.98 Å². The number of hydrogen-bond donors (Lipinski definition) is 0. The van der Waals surface area contributed by atoms with Crippen LogP contribution in [0.1, 0.15) is 40.8 Å². The Morgan fingerprint density at radius 2 is 2.12 bits per heavy atom. The molecule has 3 heteroatoms. The molecule has 0 amide bonds. The summed E-state index contributed by atoms with van der Waals surface area (Å²) in [5, 5.41) is 0.